The first-order chi connectivity index (χ1) is 12.3. The summed E-state index contributed by atoms with van der Waals surface area (Å²) in [5, 5.41) is 7.21. The minimum absolute atomic E-state index is 0. The molecule has 158 valence electrons. The van der Waals surface area contributed by atoms with Gasteiger partial charge in [0.05, 0.1) is 11.5 Å². The molecule has 6 nitrogen and oxygen atoms in total. The predicted molar refractivity (Wildman–Crippen MR) is 121 cm³/mol. The third-order valence-corrected chi connectivity index (χ3v) is 7.91. The van der Waals surface area contributed by atoms with Gasteiger partial charge in [-0.15, -0.1) is 24.0 Å². The van der Waals surface area contributed by atoms with E-state index in [0.717, 1.165) is 38.4 Å². The van der Waals surface area contributed by atoms with Gasteiger partial charge >= 0.3 is 0 Å². The van der Waals surface area contributed by atoms with E-state index in [-0.39, 0.29) is 29.9 Å². The summed E-state index contributed by atoms with van der Waals surface area (Å²) in [4.78, 5) is 4.79. The normalized spacial score (nSPS) is 29.1. The van der Waals surface area contributed by atoms with Crippen LogP contribution in [0.1, 0.15) is 58.8 Å². The Morgan fingerprint density at radius 3 is 2.19 bits per heavy atom. The van der Waals surface area contributed by atoms with E-state index in [1.165, 1.54) is 25.7 Å². The van der Waals surface area contributed by atoms with E-state index in [2.05, 4.69) is 24.5 Å². The predicted octanol–water partition coefficient (Wildman–Crippen LogP) is 2.72. The van der Waals surface area contributed by atoms with Crippen LogP contribution in [0.25, 0.3) is 0 Å². The van der Waals surface area contributed by atoms with Gasteiger partial charge in [-0.1, -0.05) is 13.8 Å². The Morgan fingerprint density at radius 1 is 1.04 bits per heavy atom. The van der Waals surface area contributed by atoms with Crippen molar-refractivity contribution in [2.75, 3.05) is 31.3 Å². The summed E-state index contributed by atoms with van der Waals surface area (Å²) in [5.74, 6) is 1.64. The van der Waals surface area contributed by atoms with E-state index in [0.29, 0.717) is 35.5 Å². The molecule has 0 radical (unpaired) electrons. The van der Waals surface area contributed by atoms with E-state index in [1.807, 2.05) is 0 Å². The molecule has 0 amide bonds. The number of aliphatic imine (C=N–C) groups is 1. The van der Waals surface area contributed by atoms with Crippen LogP contribution in [0.5, 0.6) is 0 Å². The van der Waals surface area contributed by atoms with Crippen molar-refractivity contribution < 1.29 is 13.2 Å². The number of nitrogens with zero attached hydrogens (tertiary/aromatic N) is 1. The number of rotatable bonds is 4. The molecule has 27 heavy (non-hydrogen) atoms. The SMILES string of the molecule is CC1(C)CCC(NC(=NCC2CCS(=O)(=O)C2)NC2CCOCC2)CC1.I. The molecule has 2 aliphatic heterocycles. The van der Waals surface area contributed by atoms with E-state index < -0.39 is 9.84 Å². The highest BCUT2D eigenvalue weighted by molar-refractivity contribution is 14.0. The van der Waals surface area contributed by atoms with Crippen LogP contribution in [0.3, 0.4) is 0 Å². The lowest BCUT2D eigenvalue weighted by Crippen LogP contribution is -2.50. The topological polar surface area (TPSA) is 79.8 Å². The molecule has 0 bridgehead atoms. The smallest absolute Gasteiger partial charge is 0.191 e. The Morgan fingerprint density at radius 2 is 1.63 bits per heavy atom. The molecule has 2 heterocycles. The number of sulfone groups is 1. The van der Waals surface area contributed by atoms with Crippen molar-refractivity contribution in [1.82, 2.24) is 10.6 Å². The molecule has 0 aromatic rings. The van der Waals surface area contributed by atoms with Crippen LogP contribution in [0.15, 0.2) is 4.99 Å². The summed E-state index contributed by atoms with van der Waals surface area (Å²) >= 11 is 0. The van der Waals surface area contributed by atoms with E-state index in [4.69, 9.17) is 9.73 Å². The van der Waals surface area contributed by atoms with Crippen molar-refractivity contribution >= 4 is 39.8 Å². The Balaban J connectivity index is 0.00000261. The molecule has 2 saturated heterocycles. The highest BCUT2D eigenvalue weighted by atomic mass is 127. The quantitative estimate of drug-likeness (QED) is 0.344. The fraction of sp³-hybridized carbons (Fsp3) is 0.947. The molecule has 1 unspecified atom stereocenters. The molecule has 3 aliphatic rings. The summed E-state index contributed by atoms with van der Waals surface area (Å²) in [6.07, 6.45) is 7.53. The molecule has 0 spiro atoms. The third-order valence-electron chi connectivity index (χ3n) is 6.08. The average molecular weight is 513 g/mol. The zero-order valence-corrected chi connectivity index (χ0v) is 19.9. The van der Waals surface area contributed by atoms with Crippen molar-refractivity contribution in [1.29, 1.82) is 0 Å². The second kappa shape index (κ2) is 10.1. The molecule has 0 aromatic heterocycles. The molecular formula is C19H36IN3O3S. The Bertz CT molecular complexity index is 593. The van der Waals surface area contributed by atoms with E-state index in [1.54, 1.807) is 0 Å². The van der Waals surface area contributed by atoms with Gasteiger partial charge in [0, 0.05) is 31.8 Å². The van der Waals surface area contributed by atoms with Gasteiger partial charge in [-0.2, -0.15) is 0 Å². The van der Waals surface area contributed by atoms with Gasteiger partial charge in [0.2, 0.25) is 0 Å². The lowest BCUT2D eigenvalue weighted by Gasteiger charge is -2.36. The van der Waals surface area contributed by atoms with Crippen LogP contribution in [0.4, 0.5) is 0 Å². The fourth-order valence-electron chi connectivity index (χ4n) is 4.14. The number of hydrogen-bond donors (Lipinski definition) is 2. The van der Waals surface area contributed by atoms with Crippen molar-refractivity contribution in [3.63, 3.8) is 0 Å². The average Bonchev–Trinajstić information content (AvgIpc) is 2.94. The van der Waals surface area contributed by atoms with Crippen LogP contribution in [-0.2, 0) is 14.6 Å². The highest BCUT2D eigenvalue weighted by Crippen LogP contribution is 2.35. The van der Waals surface area contributed by atoms with Crippen molar-refractivity contribution in [2.45, 2.75) is 70.9 Å². The number of halogens is 1. The second-order valence-corrected chi connectivity index (χ2v) is 11.3. The monoisotopic (exact) mass is 513 g/mol. The maximum absolute atomic E-state index is 11.7. The summed E-state index contributed by atoms with van der Waals surface area (Å²) in [7, 11) is -2.84. The number of ether oxygens (including phenoxy) is 1. The Labute approximate surface area is 181 Å². The Hall–Kier alpha value is -0.0900. The molecule has 2 N–H and O–H groups in total. The molecular weight excluding hydrogens is 477 g/mol. The van der Waals surface area contributed by atoms with Crippen LogP contribution in [0, 0.1) is 11.3 Å². The van der Waals surface area contributed by atoms with E-state index >= 15 is 0 Å². The first kappa shape index (κ1) is 23.2. The first-order valence-electron chi connectivity index (χ1n) is 10.2. The highest BCUT2D eigenvalue weighted by Gasteiger charge is 2.29. The molecule has 0 aromatic carbocycles. The fourth-order valence-corrected chi connectivity index (χ4v) is 5.99. The second-order valence-electron chi connectivity index (χ2n) is 9.07. The summed E-state index contributed by atoms with van der Waals surface area (Å²) in [5.41, 5.74) is 0.446. The van der Waals surface area contributed by atoms with Gasteiger partial charge in [-0.05, 0) is 56.3 Å². The van der Waals surface area contributed by atoms with Gasteiger partial charge in [-0.3, -0.25) is 4.99 Å². The van der Waals surface area contributed by atoms with Crippen LogP contribution in [-0.4, -0.2) is 57.7 Å². The third kappa shape index (κ3) is 7.68. The van der Waals surface area contributed by atoms with Crippen molar-refractivity contribution in [3.8, 4) is 0 Å². The number of guanidine groups is 1. The van der Waals surface area contributed by atoms with Gasteiger partial charge in [0.15, 0.2) is 15.8 Å². The first-order valence-corrected chi connectivity index (χ1v) is 12.0. The van der Waals surface area contributed by atoms with Gasteiger partial charge in [0.1, 0.15) is 0 Å². The lowest BCUT2D eigenvalue weighted by atomic mass is 9.75. The van der Waals surface area contributed by atoms with Gasteiger partial charge in [-0.25, -0.2) is 8.42 Å². The largest absolute Gasteiger partial charge is 0.381 e. The van der Waals surface area contributed by atoms with Gasteiger partial charge < -0.3 is 15.4 Å². The zero-order valence-electron chi connectivity index (χ0n) is 16.7. The number of nitrogens with one attached hydrogen (secondary N) is 2. The number of hydrogen-bond acceptors (Lipinski definition) is 4. The molecule has 1 aliphatic carbocycles. The molecule has 3 rings (SSSR count). The van der Waals surface area contributed by atoms with Crippen LogP contribution in [0.2, 0.25) is 0 Å². The Kier molecular flexibility index (Phi) is 8.67. The minimum Gasteiger partial charge on any atom is -0.381 e. The van der Waals surface area contributed by atoms with Gasteiger partial charge in [0.25, 0.3) is 0 Å². The van der Waals surface area contributed by atoms with Crippen LogP contribution >= 0.6 is 24.0 Å². The van der Waals surface area contributed by atoms with E-state index in [9.17, 15) is 8.42 Å². The summed E-state index contributed by atoms with van der Waals surface area (Å²) in [6, 6.07) is 0.851. The maximum Gasteiger partial charge on any atom is 0.191 e. The molecule has 3 fully saturated rings. The molecule has 8 heteroatoms. The summed E-state index contributed by atoms with van der Waals surface area (Å²) < 4.78 is 28.8. The molecule has 1 atom stereocenters. The molecule has 1 saturated carbocycles. The maximum atomic E-state index is 11.7. The summed E-state index contributed by atoms with van der Waals surface area (Å²) in [6.45, 7) is 6.88. The minimum atomic E-state index is -2.84. The van der Waals surface area contributed by atoms with Crippen LogP contribution < -0.4 is 10.6 Å². The van der Waals surface area contributed by atoms with Crippen molar-refractivity contribution in [2.24, 2.45) is 16.3 Å². The standard InChI is InChI=1S/C19H35N3O3S.HI/c1-19(2)8-3-16(4-9-19)21-18(22-17-5-10-25-11-6-17)20-13-15-7-12-26(23,24)14-15;/h15-17H,3-14H2,1-2H3,(H2,20,21,22);1H. The lowest BCUT2D eigenvalue weighted by molar-refractivity contribution is 0.0821. The zero-order chi connectivity index (χ0) is 18.6. The van der Waals surface area contributed by atoms with Crippen molar-refractivity contribution in [3.05, 3.63) is 0 Å².